The third-order valence-electron chi connectivity index (χ3n) is 5.21. The molecule has 1 fully saturated rings. The fourth-order valence-electron chi connectivity index (χ4n) is 3.34. The van der Waals surface area contributed by atoms with Gasteiger partial charge in [-0.05, 0) is 50.8 Å². The topological polar surface area (TPSA) is 84.3 Å². The number of nitrogens with zero attached hydrogens (tertiary/aromatic N) is 3. The van der Waals surface area contributed by atoms with E-state index in [4.69, 9.17) is 0 Å². The molecule has 1 N–H and O–H groups in total. The third-order valence-corrected chi connectivity index (χ3v) is 6.99. The third kappa shape index (κ3) is 4.44. The van der Waals surface area contributed by atoms with E-state index in [1.807, 2.05) is 38.1 Å². The maximum absolute atomic E-state index is 12.8. The van der Waals surface area contributed by atoms with Gasteiger partial charge in [0.1, 0.15) is 0 Å². The number of anilines is 1. The lowest BCUT2D eigenvalue weighted by Gasteiger charge is -2.30. The van der Waals surface area contributed by atoms with Crippen LogP contribution in [0.15, 0.2) is 41.8 Å². The van der Waals surface area contributed by atoms with Crippen LogP contribution in [0.4, 0.5) is 5.69 Å². The molecule has 1 aliphatic heterocycles. The number of aryl methyl sites for hydroxylation is 1. The molecule has 152 valence electrons. The minimum atomic E-state index is -3.62. The van der Waals surface area contributed by atoms with Crippen LogP contribution in [0.5, 0.6) is 0 Å². The summed E-state index contributed by atoms with van der Waals surface area (Å²) in [5, 5.41) is 3.03. The summed E-state index contributed by atoms with van der Waals surface area (Å²) in [5.74, 6) is -0.237. The Bertz CT molecular complexity index is 928. The number of piperidine rings is 1. The monoisotopic (exact) mass is 404 g/mol. The van der Waals surface area contributed by atoms with E-state index in [9.17, 15) is 13.2 Å². The second-order valence-corrected chi connectivity index (χ2v) is 9.36. The van der Waals surface area contributed by atoms with E-state index < -0.39 is 10.0 Å². The first-order valence-electron chi connectivity index (χ1n) is 9.74. The summed E-state index contributed by atoms with van der Waals surface area (Å²) < 4.78 is 28.8. The largest absolute Gasteiger partial charge is 0.334 e. The molecule has 0 unspecified atom stereocenters. The van der Waals surface area contributed by atoms with Crippen LogP contribution < -0.4 is 5.32 Å². The quantitative estimate of drug-likeness (QED) is 0.802. The number of benzene rings is 1. The summed E-state index contributed by atoms with van der Waals surface area (Å²) >= 11 is 0. The Balaban J connectivity index is 1.60. The standard InChI is InChI=1S/C20H28N4O3S/c1-4-16-6-5-7-18(12-16)22-20(25)17-8-10-24(11-9-17)28(26,27)19-13-23(14-21-19)15(2)3/h5-7,12-15,17H,4,8-11H2,1-3H3,(H,22,25). The Morgan fingerprint density at radius 2 is 2.00 bits per heavy atom. The van der Waals surface area contributed by atoms with E-state index >= 15 is 0 Å². The maximum Gasteiger partial charge on any atom is 0.262 e. The van der Waals surface area contributed by atoms with Crippen LogP contribution in [0.3, 0.4) is 0 Å². The number of carbonyl (C=O) groups is 1. The number of aromatic nitrogens is 2. The molecule has 3 rings (SSSR count). The molecule has 8 heteroatoms. The number of nitrogens with one attached hydrogen (secondary N) is 1. The van der Waals surface area contributed by atoms with E-state index in [0.717, 1.165) is 12.1 Å². The van der Waals surface area contributed by atoms with Crippen LogP contribution in [-0.4, -0.2) is 41.3 Å². The van der Waals surface area contributed by atoms with Crippen molar-refractivity contribution < 1.29 is 13.2 Å². The lowest BCUT2D eigenvalue weighted by molar-refractivity contribution is -0.120. The van der Waals surface area contributed by atoms with Crippen LogP contribution in [0, 0.1) is 5.92 Å². The zero-order valence-corrected chi connectivity index (χ0v) is 17.4. The number of carbonyl (C=O) groups excluding carboxylic acids is 1. The highest BCUT2D eigenvalue weighted by Crippen LogP contribution is 2.25. The van der Waals surface area contributed by atoms with E-state index in [1.54, 1.807) is 17.1 Å². The van der Waals surface area contributed by atoms with Gasteiger partial charge in [0.25, 0.3) is 10.0 Å². The molecule has 1 aliphatic rings. The number of imidazole rings is 1. The van der Waals surface area contributed by atoms with Gasteiger partial charge >= 0.3 is 0 Å². The molecule has 0 bridgehead atoms. The molecule has 0 aliphatic carbocycles. The summed E-state index contributed by atoms with van der Waals surface area (Å²) in [7, 11) is -3.62. The summed E-state index contributed by atoms with van der Waals surface area (Å²) in [6.45, 7) is 6.66. The van der Waals surface area contributed by atoms with Crippen molar-refractivity contribution in [3.8, 4) is 0 Å². The normalized spacial score (nSPS) is 16.4. The molecule has 0 saturated carbocycles. The van der Waals surface area contributed by atoms with Crippen molar-refractivity contribution in [2.75, 3.05) is 18.4 Å². The highest BCUT2D eigenvalue weighted by atomic mass is 32.2. The van der Waals surface area contributed by atoms with Gasteiger partial charge in [-0.15, -0.1) is 0 Å². The summed E-state index contributed by atoms with van der Waals surface area (Å²) in [5.41, 5.74) is 1.96. The molecule has 1 saturated heterocycles. The van der Waals surface area contributed by atoms with Gasteiger partial charge in [0, 0.05) is 36.9 Å². The van der Waals surface area contributed by atoms with Crippen molar-refractivity contribution >= 4 is 21.6 Å². The smallest absolute Gasteiger partial charge is 0.262 e. The second-order valence-electron chi connectivity index (χ2n) is 7.47. The Morgan fingerprint density at radius 3 is 2.61 bits per heavy atom. The minimum absolute atomic E-state index is 0.0469. The predicted molar refractivity (Wildman–Crippen MR) is 109 cm³/mol. The molecule has 0 atom stereocenters. The zero-order chi connectivity index (χ0) is 20.3. The Labute approximate surface area is 166 Å². The molecular formula is C20H28N4O3S. The van der Waals surface area contributed by atoms with Gasteiger partial charge in [-0.25, -0.2) is 13.4 Å². The van der Waals surface area contributed by atoms with Crippen molar-refractivity contribution in [1.82, 2.24) is 13.9 Å². The van der Waals surface area contributed by atoms with Gasteiger partial charge in [-0.1, -0.05) is 19.1 Å². The first-order chi connectivity index (χ1) is 13.3. The zero-order valence-electron chi connectivity index (χ0n) is 16.6. The molecule has 1 amide bonds. The average molecular weight is 405 g/mol. The maximum atomic E-state index is 12.8. The SMILES string of the molecule is CCc1cccc(NC(=O)C2CCN(S(=O)(=O)c3cn(C(C)C)cn3)CC2)c1. The van der Waals surface area contributed by atoms with Gasteiger partial charge in [0.15, 0.2) is 5.03 Å². The fraction of sp³-hybridized carbons (Fsp3) is 0.500. The van der Waals surface area contributed by atoms with Gasteiger partial charge < -0.3 is 9.88 Å². The summed E-state index contributed by atoms with van der Waals surface area (Å²) in [6, 6.07) is 7.96. The molecule has 0 spiro atoms. The molecule has 1 aromatic heterocycles. The number of hydrogen-bond donors (Lipinski definition) is 1. The van der Waals surface area contributed by atoms with Crippen LogP contribution in [0.2, 0.25) is 0 Å². The average Bonchev–Trinajstić information content (AvgIpc) is 3.20. The van der Waals surface area contributed by atoms with Crippen molar-refractivity contribution in [2.24, 2.45) is 5.92 Å². The van der Waals surface area contributed by atoms with Crippen molar-refractivity contribution in [3.63, 3.8) is 0 Å². The van der Waals surface area contributed by atoms with Crippen molar-refractivity contribution in [1.29, 1.82) is 0 Å². The molecule has 0 radical (unpaired) electrons. The first-order valence-corrected chi connectivity index (χ1v) is 11.2. The lowest BCUT2D eigenvalue weighted by Crippen LogP contribution is -2.41. The number of hydrogen-bond acceptors (Lipinski definition) is 4. The van der Waals surface area contributed by atoms with E-state index in [-0.39, 0.29) is 22.9 Å². The molecule has 2 aromatic rings. The van der Waals surface area contributed by atoms with Crippen LogP contribution in [0.25, 0.3) is 0 Å². The van der Waals surface area contributed by atoms with E-state index in [2.05, 4.69) is 17.2 Å². The Kier molecular flexibility index (Phi) is 6.20. The van der Waals surface area contributed by atoms with Gasteiger partial charge in [-0.3, -0.25) is 4.79 Å². The minimum Gasteiger partial charge on any atom is -0.334 e. The predicted octanol–water partition coefficient (Wildman–Crippen LogP) is 3.07. The van der Waals surface area contributed by atoms with Crippen LogP contribution >= 0.6 is 0 Å². The highest BCUT2D eigenvalue weighted by molar-refractivity contribution is 7.89. The Hall–Kier alpha value is -2.19. The molecule has 1 aromatic carbocycles. The molecular weight excluding hydrogens is 376 g/mol. The van der Waals surface area contributed by atoms with Crippen LogP contribution in [-0.2, 0) is 21.2 Å². The van der Waals surface area contributed by atoms with Gasteiger partial charge in [0.05, 0.1) is 6.33 Å². The van der Waals surface area contributed by atoms with E-state index in [0.29, 0.717) is 25.9 Å². The summed E-state index contributed by atoms with van der Waals surface area (Å²) in [6.07, 6.45) is 5.03. The molecule has 7 nitrogen and oxygen atoms in total. The van der Waals surface area contributed by atoms with Crippen molar-refractivity contribution in [3.05, 3.63) is 42.4 Å². The van der Waals surface area contributed by atoms with Crippen molar-refractivity contribution in [2.45, 2.75) is 51.1 Å². The lowest BCUT2D eigenvalue weighted by atomic mass is 9.97. The van der Waals surface area contributed by atoms with Gasteiger partial charge in [0.2, 0.25) is 5.91 Å². The number of amides is 1. The highest BCUT2D eigenvalue weighted by Gasteiger charge is 2.33. The second kappa shape index (κ2) is 8.45. The number of sulfonamides is 1. The first kappa shape index (κ1) is 20.5. The Morgan fingerprint density at radius 1 is 1.29 bits per heavy atom. The number of rotatable bonds is 6. The van der Waals surface area contributed by atoms with Gasteiger partial charge in [-0.2, -0.15) is 4.31 Å². The fourth-order valence-corrected chi connectivity index (χ4v) is 4.73. The van der Waals surface area contributed by atoms with Crippen LogP contribution in [0.1, 0.15) is 45.2 Å². The van der Waals surface area contributed by atoms with E-state index in [1.165, 1.54) is 9.87 Å². The molecule has 2 heterocycles. The summed E-state index contributed by atoms with van der Waals surface area (Å²) in [4.78, 5) is 16.6. The molecule has 28 heavy (non-hydrogen) atoms.